The molecule has 0 unspecified atom stereocenters. The fourth-order valence-corrected chi connectivity index (χ4v) is 18.6. The number of hydrogen-bond acceptors (Lipinski definition) is 0. The Hall–Kier alpha value is -8.32. The molecule has 0 aromatic heterocycles. The van der Waals surface area contributed by atoms with Crippen LogP contribution < -0.4 is 0 Å². The molecular formula is C100H112. The topological polar surface area (TPSA) is 0 Å². The van der Waals surface area contributed by atoms with Crippen molar-refractivity contribution in [3.8, 4) is 44.5 Å². The Labute approximate surface area is 602 Å². The van der Waals surface area contributed by atoms with Crippen molar-refractivity contribution in [3.63, 3.8) is 0 Å². The van der Waals surface area contributed by atoms with Gasteiger partial charge < -0.3 is 0 Å². The normalized spacial score (nSPS) is 15.0. The molecule has 0 heteroatoms. The van der Waals surface area contributed by atoms with Crippen molar-refractivity contribution in [3.05, 3.63) is 283 Å². The second kappa shape index (κ2) is 25.9. The lowest BCUT2D eigenvalue weighted by Crippen LogP contribution is -2.18. The Balaban J connectivity index is 0.000000119. The first-order valence-corrected chi connectivity index (χ1v) is 38.1. The summed E-state index contributed by atoms with van der Waals surface area (Å²) < 4.78 is 0. The molecule has 0 amide bonds. The standard InChI is InChI=1S/4C25H28/c1-15(2)21-17-11-7-8-12-18(17)22(16(3)4)24-23(21)19-13-9-10-14-20(19)25(24,5)6;1-15(2)17-10-11-21-23(14-17)25(5,6)22-13-12-19-18(16(3)4)8-7-9-20(19)24(21)22;1-15(2)17-11-12-18(16(3)4)21-14-24-22(13-20(17)21)19-9-7-8-10-23(19)25(24,5)6;1-15(2)17-11-12-20-22(13-17)25(5,6)23-14-21(16(3)4)18-9-7-8-10-19(18)24(20)23/h4*7-16H,1-6H3. The highest BCUT2D eigenvalue weighted by Crippen LogP contribution is 2.59. The van der Waals surface area contributed by atoms with Crippen LogP contribution in [0.5, 0.6) is 0 Å². The highest BCUT2D eigenvalue weighted by Gasteiger charge is 2.43. The number of benzene rings is 12. The summed E-state index contributed by atoms with van der Waals surface area (Å²) in [7, 11) is 0. The molecule has 12 aromatic rings. The average Bonchev–Trinajstić information content (AvgIpc) is 1.58. The van der Waals surface area contributed by atoms with E-state index in [4.69, 9.17) is 0 Å². The molecule has 512 valence electrons. The third kappa shape index (κ3) is 11.3. The van der Waals surface area contributed by atoms with Crippen molar-refractivity contribution in [2.24, 2.45) is 0 Å². The van der Waals surface area contributed by atoms with Crippen molar-refractivity contribution in [1.29, 1.82) is 0 Å². The predicted molar refractivity (Wildman–Crippen MR) is 439 cm³/mol. The van der Waals surface area contributed by atoms with Crippen LogP contribution in [0, 0.1) is 0 Å². The molecule has 0 saturated carbocycles. The van der Waals surface area contributed by atoms with Crippen LogP contribution in [0.2, 0.25) is 0 Å². The summed E-state index contributed by atoms with van der Waals surface area (Å²) in [4.78, 5) is 0. The lowest BCUT2D eigenvalue weighted by atomic mass is 9.74. The highest BCUT2D eigenvalue weighted by molar-refractivity contribution is 6.06. The first-order chi connectivity index (χ1) is 47.3. The number of rotatable bonds is 8. The maximum absolute atomic E-state index is 2.49. The predicted octanol–water partition coefficient (Wildman–Crippen LogP) is 29.6. The summed E-state index contributed by atoms with van der Waals surface area (Å²) in [5.41, 5.74) is 35.5. The van der Waals surface area contributed by atoms with E-state index in [1.807, 2.05) is 0 Å². The maximum Gasteiger partial charge on any atom is 0.0162 e. The zero-order valence-electron chi connectivity index (χ0n) is 65.1. The Morgan fingerprint density at radius 2 is 0.590 bits per heavy atom. The molecule has 16 rings (SSSR count). The molecule has 4 aliphatic carbocycles. The SMILES string of the molecule is CC(C)c1c2c(c(C(C)C)c3ccccc13)C(C)(C)c1ccccc1-2.CC(C)c1ccc(C(C)C)c2cc3c(cc12)-c1ccccc1C3(C)C.CC(C)c1ccc2c(c1)C(C)(C)c1cc(C(C)C)c3ccccc3c1-2.CC(C)c1ccc2c(c1)C(C)(C)c1ccc3c(C(C)C)cccc3c1-2. The summed E-state index contributed by atoms with van der Waals surface area (Å²) in [6.07, 6.45) is 0. The van der Waals surface area contributed by atoms with Gasteiger partial charge in [0.2, 0.25) is 0 Å². The van der Waals surface area contributed by atoms with E-state index in [0.29, 0.717) is 47.3 Å². The van der Waals surface area contributed by atoms with Crippen LogP contribution in [0.4, 0.5) is 0 Å². The van der Waals surface area contributed by atoms with E-state index in [2.05, 4.69) is 360 Å². The molecule has 100 heavy (non-hydrogen) atoms. The summed E-state index contributed by atoms with van der Waals surface area (Å²) in [6, 6.07) is 73.9. The average molecular weight is 1310 g/mol. The Kier molecular flexibility index (Phi) is 18.2. The van der Waals surface area contributed by atoms with E-state index >= 15 is 0 Å². The van der Waals surface area contributed by atoms with Gasteiger partial charge in [0.15, 0.2) is 0 Å². The minimum Gasteiger partial charge on any atom is -0.0619 e. The van der Waals surface area contributed by atoms with Crippen LogP contribution in [-0.4, -0.2) is 0 Å². The van der Waals surface area contributed by atoms with Crippen LogP contribution in [0.1, 0.15) is 303 Å². The van der Waals surface area contributed by atoms with E-state index < -0.39 is 0 Å². The summed E-state index contributed by atoms with van der Waals surface area (Å²) in [5, 5.41) is 11.4. The molecule has 0 radical (unpaired) electrons. The zero-order chi connectivity index (χ0) is 71.7. The van der Waals surface area contributed by atoms with E-state index in [0.717, 1.165) is 0 Å². The fraction of sp³-hybridized carbons (Fsp3) is 0.360. The van der Waals surface area contributed by atoms with Gasteiger partial charge in [-0.2, -0.15) is 0 Å². The van der Waals surface area contributed by atoms with Gasteiger partial charge in [-0.1, -0.05) is 348 Å². The second-order valence-electron chi connectivity index (χ2n) is 34.6. The van der Waals surface area contributed by atoms with Crippen molar-refractivity contribution < 1.29 is 0 Å². The molecule has 0 spiro atoms. The molecule has 0 bridgehead atoms. The molecule has 12 aromatic carbocycles. The summed E-state index contributed by atoms with van der Waals surface area (Å²) >= 11 is 0. The third-order valence-corrected chi connectivity index (χ3v) is 24.0. The van der Waals surface area contributed by atoms with Gasteiger partial charge in [0.05, 0.1) is 0 Å². The first-order valence-electron chi connectivity index (χ1n) is 38.1. The van der Waals surface area contributed by atoms with E-state index in [9.17, 15) is 0 Å². The van der Waals surface area contributed by atoms with Gasteiger partial charge in [-0.25, -0.2) is 0 Å². The molecule has 4 aliphatic rings. The number of fused-ring (bicyclic) bond motifs is 18. The third-order valence-electron chi connectivity index (χ3n) is 24.0. The second-order valence-corrected chi connectivity index (χ2v) is 34.6. The van der Waals surface area contributed by atoms with Gasteiger partial charge in [0.1, 0.15) is 0 Å². The van der Waals surface area contributed by atoms with Crippen molar-refractivity contribution >= 4 is 43.1 Å². The Morgan fingerprint density at radius 3 is 1.11 bits per heavy atom. The highest BCUT2D eigenvalue weighted by atomic mass is 14.5. The molecule has 0 N–H and O–H groups in total. The molecule has 0 heterocycles. The van der Waals surface area contributed by atoms with Crippen LogP contribution in [0.15, 0.2) is 194 Å². The maximum atomic E-state index is 2.49. The summed E-state index contributed by atoms with van der Waals surface area (Å²) in [6.45, 7) is 55.9. The molecule has 0 aliphatic heterocycles. The van der Waals surface area contributed by atoms with Crippen LogP contribution in [0.25, 0.3) is 87.6 Å². The minimum atomic E-state index is 0.0548. The molecule has 0 nitrogen and oxygen atoms in total. The fourth-order valence-electron chi connectivity index (χ4n) is 18.6. The summed E-state index contributed by atoms with van der Waals surface area (Å²) in [5.74, 6) is 4.28. The van der Waals surface area contributed by atoms with E-state index in [1.165, 1.54) is 171 Å². The van der Waals surface area contributed by atoms with Crippen LogP contribution >= 0.6 is 0 Å². The Bertz CT molecular complexity index is 5160. The van der Waals surface area contributed by atoms with E-state index in [-0.39, 0.29) is 21.7 Å². The number of hydrogen-bond donors (Lipinski definition) is 0. The molecule has 0 fully saturated rings. The lowest BCUT2D eigenvalue weighted by Gasteiger charge is -2.29. The molecular weight excluding hydrogens is 1200 g/mol. The van der Waals surface area contributed by atoms with Crippen LogP contribution in [0.3, 0.4) is 0 Å². The largest absolute Gasteiger partial charge is 0.0619 e. The van der Waals surface area contributed by atoms with Gasteiger partial charge >= 0.3 is 0 Å². The van der Waals surface area contributed by atoms with Gasteiger partial charge in [-0.3, -0.25) is 0 Å². The van der Waals surface area contributed by atoms with E-state index in [1.54, 1.807) is 5.56 Å². The molecule has 0 atom stereocenters. The van der Waals surface area contributed by atoms with Crippen molar-refractivity contribution in [2.75, 3.05) is 0 Å². The lowest BCUT2D eigenvalue weighted by molar-refractivity contribution is 0.643. The quantitative estimate of drug-likeness (QED) is 0.142. The van der Waals surface area contributed by atoms with Gasteiger partial charge in [-0.15, -0.1) is 0 Å². The van der Waals surface area contributed by atoms with Crippen molar-refractivity contribution in [2.45, 2.75) is 235 Å². The smallest absolute Gasteiger partial charge is 0.0162 e. The zero-order valence-corrected chi connectivity index (χ0v) is 65.1. The molecule has 0 saturated heterocycles. The van der Waals surface area contributed by atoms with Crippen LogP contribution in [-0.2, 0) is 21.7 Å². The Morgan fingerprint density at radius 1 is 0.200 bits per heavy atom. The van der Waals surface area contributed by atoms with Gasteiger partial charge in [-0.05, 0) is 236 Å². The van der Waals surface area contributed by atoms with Crippen molar-refractivity contribution in [1.82, 2.24) is 0 Å². The monoisotopic (exact) mass is 1310 g/mol. The minimum absolute atomic E-state index is 0.0548. The first kappa shape index (κ1) is 70.1. The van der Waals surface area contributed by atoms with Gasteiger partial charge in [0, 0.05) is 21.7 Å². The van der Waals surface area contributed by atoms with Gasteiger partial charge in [0.25, 0.3) is 0 Å².